The minimum Gasteiger partial charge on any atom is -0.256 e. The van der Waals surface area contributed by atoms with E-state index in [0.717, 1.165) is 67.4 Å². The monoisotopic (exact) mass is 538 g/mol. The van der Waals surface area contributed by atoms with Crippen LogP contribution in [-0.2, 0) is 0 Å². The number of benzene rings is 3. The maximum atomic E-state index is 5.13. The maximum absolute atomic E-state index is 5.13. The van der Waals surface area contributed by atoms with Gasteiger partial charge in [0.15, 0.2) is 0 Å². The van der Waals surface area contributed by atoms with Gasteiger partial charge in [-0.05, 0) is 59.7 Å². The highest BCUT2D eigenvalue weighted by Gasteiger charge is 2.11. The van der Waals surface area contributed by atoms with Crippen molar-refractivity contribution in [1.29, 1.82) is 0 Å². The summed E-state index contributed by atoms with van der Waals surface area (Å²) in [6.07, 6.45) is 5.46. The fourth-order valence-electron chi connectivity index (χ4n) is 5.05. The third-order valence-corrected chi connectivity index (χ3v) is 7.29. The van der Waals surface area contributed by atoms with Crippen molar-refractivity contribution in [3.63, 3.8) is 0 Å². The first kappa shape index (κ1) is 25.2. The molecule has 0 radical (unpaired) electrons. The van der Waals surface area contributed by atoms with Crippen LogP contribution >= 0.6 is 0 Å². The molecular weight excluding hydrogens is 512 g/mol. The first-order valence-corrected chi connectivity index (χ1v) is 13.9. The summed E-state index contributed by atoms with van der Waals surface area (Å²) in [5.41, 5.74) is 12.2. The van der Waals surface area contributed by atoms with E-state index in [0.29, 0.717) is 0 Å². The zero-order valence-electron chi connectivity index (χ0n) is 22.8. The van der Waals surface area contributed by atoms with Crippen molar-refractivity contribution < 1.29 is 0 Å². The Hall–Kier alpha value is -5.74. The van der Waals surface area contributed by atoms with Gasteiger partial charge in [0.1, 0.15) is 0 Å². The second kappa shape index (κ2) is 11.4. The Morgan fingerprint density at radius 2 is 0.571 bits per heavy atom. The minimum atomic E-state index is 0.915. The second-order valence-electron chi connectivity index (χ2n) is 10.0. The standard InChI is InChI=1S/C38H26N4/c1-4-22-39-34(7-1)28-12-10-27(11-13-28)33-25-37(31-18-14-29(15-19-31)35-8-2-5-23-40-35)42-38(26-33)32-20-16-30(17-21-32)36-9-3-6-24-41-36/h1-26H. The van der Waals surface area contributed by atoms with E-state index in [1.807, 2.05) is 73.2 Å². The van der Waals surface area contributed by atoms with Gasteiger partial charge in [-0.2, -0.15) is 0 Å². The average molecular weight is 539 g/mol. The van der Waals surface area contributed by atoms with Crippen molar-refractivity contribution in [3.05, 3.63) is 158 Å². The molecule has 0 amide bonds. The van der Waals surface area contributed by atoms with Crippen LogP contribution in [-0.4, -0.2) is 19.9 Å². The lowest BCUT2D eigenvalue weighted by Gasteiger charge is -2.12. The van der Waals surface area contributed by atoms with Crippen molar-refractivity contribution in [3.8, 4) is 67.4 Å². The van der Waals surface area contributed by atoms with Gasteiger partial charge in [-0.3, -0.25) is 15.0 Å². The zero-order chi connectivity index (χ0) is 28.1. The first-order chi connectivity index (χ1) is 20.8. The quantitative estimate of drug-likeness (QED) is 0.212. The molecule has 0 unspecified atom stereocenters. The molecule has 198 valence electrons. The molecule has 7 rings (SSSR count). The molecule has 7 aromatic rings. The smallest absolute Gasteiger partial charge is 0.0715 e. The van der Waals surface area contributed by atoms with Crippen LogP contribution in [0.5, 0.6) is 0 Å². The third kappa shape index (κ3) is 5.34. The molecule has 4 heteroatoms. The molecule has 0 saturated heterocycles. The molecule has 0 spiro atoms. The Labute approximate surface area is 245 Å². The number of hydrogen-bond donors (Lipinski definition) is 0. The van der Waals surface area contributed by atoms with E-state index < -0.39 is 0 Å². The van der Waals surface area contributed by atoms with E-state index in [-0.39, 0.29) is 0 Å². The molecule has 42 heavy (non-hydrogen) atoms. The second-order valence-corrected chi connectivity index (χ2v) is 10.0. The van der Waals surface area contributed by atoms with Gasteiger partial charge in [-0.15, -0.1) is 0 Å². The number of aromatic nitrogens is 4. The van der Waals surface area contributed by atoms with E-state index in [4.69, 9.17) is 4.98 Å². The molecule has 0 atom stereocenters. The van der Waals surface area contributed by atoms with Crippen LogP contribution in [0.1, 0.15) is 0 Å². The summed E-state index contributed by atoms with van der Waals surface area (Å²) < 4.78 is 0. The molecule has 4 aromatic heterocycles. The van der Waals surface area contributed by atoms with E-state index in [1.54, 1.807) is 0 Å². The fraction of sp³-hybridized carbons (Fsp3) is 0. The Bertz CT molecular complexity index is 1680. The highest BCUT2D eigenvalue weighted by Crippen LogP contribution is 2.33. The van der Waals surface area contributed by atoms with Crippen LogP contribution in [0.2, 0.25) is 0 Å². The first-order valence-electron chi connectivity index (χ1n) is 13.9. The SMILES string of the molecule is c1ccc(-c2ccc(-c3cc(-c4ccc(-c5ccccn5)cc4)nc(-c4ccc(-c5ccccn5)cc4)c3)cc2)nc1. The molecular formula is C38H26N4. The topological polar surface area (TPSA) is 51.6 Å². The molecule has 4 heterocycles. The van der Waals surface area contributed by atoms with Crippen molar-refractivity contribution in [2.75, 3.05) is 0 Å². The normalized spacial score (nSPS) is 10.9. The molecule has 0 saturated carbocycles. The van der Waals surface area contributed by atoms with E-state index >= 15 is 0 Å². The summed E-state index contributed by atoms with van der Waals surface area (Å²) in [6, 6.07) is 47.7. The van der Waals surface area contributed by atoms with Crippen molar-refractivity contribution in [2.45, 2.75) is 0 Å². The summed E-state index contributed by atoms with van der Waals surface area (Å²) in [6.45, 7) is 0. The Balaban J connectivity index is 1.29. The molecule has 0 N–H and O–H groups in total. The summed E-state index contributed by atoms with van der Waals surface area (Å²) in [7, 11) is 0. The predicted molar refractivity (Wildman–Crippen MR) is 170 cm³/mol. The van der Waals surface area contributed by atoms with Crippen molar-refractivity contribution in [2.24, 2.45) is 0 Å². The zero-order valence-corrected chi connectivity index (χ0v) is 22.8. The number of rotatable bonds is 6. The lowest BCUT2D eigenvalue weighted by atomic mass is 9.97. The molecule has 0 aliphatic rings. The van der Waals surface area contributed by atoms with Crippen LogP contribution in [0.4, 0.5) is 0 Å². The molecule has 0 aliphatic heterocycles. The van der Waals surface area contributed by atoms with Crippen LogP contribution in [0.3, 0.4) is 0 Å². The highest BCUT2D eigenvalue weighted by molar-refractivity contribution is 5.79. The summed E-state index contributed by atoms with van der Waals surface area (Å²) in [5.74, 6) is 0. The Kier molecular flexibility index (Phi) is 6.85. The highest BCUT2D eigenvalue weighted by atomic mass is 14.7. The lowest BCUT2D eigenvalue weighted by molar-refractivity contribution is 1.31. The van der Waals surface area contributed by atoms with Crippen LogP contribution in [0.25, 0.3) is 67.4 Å². The summed E-state index contributed by atoms with van der Waals surface area (Å²) in [4.78, 5) is 18.6. The van der Waals surface area contributed by atoms with Gasteiger partial charge in [0.05, 0.1) is 28.5 Å². The molecule has 0 fully saturated rings. The summed E-state index contributed by atoms with van der Waals surface area (Å²) >= 11 is 0. The summed E-state index contributed by atoms with van der Waals surface area (Å²) in [5, 5.41) is 0. The van der Waals surface area contributed by atoms with Gasteiger partial charge >= 0.3 is 0 Å². The van der Waals surface area contributed by atoms with Crippen LogP contribution in [0, 0.1) is 0 Å². The van der Waals surface area contributed by atoms with Gasteiger partial charge < -0.3 is 0 Å². The lowest BCUT2D eigenvalue weighted by Crippen LogP contribution is -1.92. The van der Waals surface area contributed by atoms with Gasteiger partial charge in [0, 0.05) is 46.4 Å². The van der Waals surface area contributed by atoms with Crippen LogP contribution in [0.15, 0.2) is 158 Å². The van der Waals surface area contributed by atoms with Gasteiger partial charge in [-0.25, -0.2) is 4.98 Å². The molecule has 0 bridgehead atoms. The Morgan fingerprint density at radius 1 is 0.262 bits per heavy atom. The number of nitrogens with zero attached hydrogens (tertiary/aromatic N) is 4. The largest absolute Gasteiger partial charge is 0.256 e. The van der Waals surface area contributed by atoms with Gasteiger partial charge in [0.25, 0.3) is 0 Å². The predicted octanol–water partition coefficient (Wildman–Crippen LogP) is 9.27. The van der Waals surface area contributed by atoms with Gasteiger partial charge in [-0.1, -0.05) is 91.0 Å². The van der Waals surface area contributed by atoms with Crippen molar-refractivity contribution in [1.82, 2.24) is 19.9 Å². The van der Waals surface area contributed by atoms with E-state index in [2.05, 4.69) is 99.9 Å². The van der Waals surface area contributed by atoms with E-state index in [9.17, 15) is 0 Å². The number of hydrogen-bond acceptors (Lipinski definition) is 4. The van der Waals surface area contributed by atoms with Gasteiger partial charge in [0.2, 0.25) is 0 Å². The maximum Gasteiger partial charge on any atom is 0.0715 e. The van der Waals surface area contributed by atoms with Crippen LogP contribution < -0.4 is 0 Å². The fourth-order valence-corrected chi connectivity index (χ4v) is 5.05. The molecule has 3 aromatic carbocycles. The molecule has 0 aliphatic carbocycles. The number of pyridine rings is 4. The average Bonchev–Trinajstić information content (AvgIpc) is 3.09. The van der Waals surface area contributed by atoms with E-state index in [1.165, 1.54) is 0 Å². The minimum absolute atomic E-state index is 0.915. The third-order valence-electron chi connectivity index (χ3n) is 7.29. The van der Waals surface area contributed by atoms with Crippen molar-refractivity contribution >= 4 is 0 Å². The molecule has 4 nitrogen and oxygen atoms in total. The Morgan fingerprint density at radius 3 is 0.881 bits per heavy atom.